The maximum Gasteiger partial charge on any atom is 0.0950 e. The molecule has 1 aromatic heterocycles. The minimum atomic E-state index is 0.457. The Labute approximate surface area is 93.1 Å². The highest BCUT2D eigenvalue weighted by Gasteiger charge is 2.14. The Hall–Kier alpha value is -0.760. The highest BCUT2D eigenvalue weighted by atomic mass is 16.3. The minimum absolute atomic E-state index is 0.457. The summed E-state index contributed by atoms with van der Waals surface area (Å²) in [6.07, 6.45) is 7.22. The van der Waals surface area contributed by atoms with E-state index in [9.17, 15) is 0 Å². The van der Waals surface area contributed by atoms with Crippen molar-refractivity contribution >= 4 is 0 Å². The topological polar surface area (TPSA) is 25.2 Å². The number of nitrogens with one attached hydrogen (secondary N) is 1. The van der Waals surface area contributed by atoms with Crippen molar-refractivity contribution in [1.82, 2.24) is 5.32 Å². The maximum absolute atomic E-state index is 5.15. The fourth-order valence-corrected chi connectivity index (χ4v) is 1.70. The van der Waals surface area contributed by atoms with Gasteiger partial charge in [-0.05, 0) is 31.4 Å². The molecule has 0 amide bonds. The van der Waals surface area contributed by atoms with Crippen LogP contribution in [0.5, 0.6) is 0 Å². The first kappa shape index (κ1) is 12.3. The van der Waals surface area contributed by atoms with Crippen LogP contribution in [0.15, 0.2) is 23.0 Å². The fraction of sp³-hybridized carbons (Fsp3) is 0.692. The lowest BCUT2D eigenvalue weighted by molar-refractivity contribution is 0.399. The van der Waals surface area contributed by atoms with Crippen molar-refractivity contribution in [3.8, 4) is 0 Å². The zero-order valence-corrected chi connectivity index (χ0v) is 10.1. The lowest BCUT2D eigenvalue weighted by atomic mass is 9.96. The highest BCUT2D eigenvalue weighted by Crippen LogP contribution is 2.23. The van der Waals surface area contributed by atoms with Crippen LogP contribution in [-0.4, -0.2) is 6.54 Å². The van der Waals surface area contributed by atoms with Crippen molar-refractivity contribution < 1.29 is 4.42 Å². The van der Waals surface area contributed by atoms with Crippen LogP contribution in [0.2, 0.25) is 0 Å². The Morgan fingerprint density at radius 2 is 2.20 bits per heavy atom. The van der Waals surface area contributed by atoms with Crippen molar-refractivity contribution in [1.29, 1.82) is 0 Å². The SMILES string of the molecule is CCCNC(CC(C)CC)c1ccoc1. The summed E-state index contributed by atoms with van der Waals surface area (Å²) in [6.45, 7) is 7.83. The minimum Gasteiger partial charge on any atom is -0.472 e. The molecule has 15 heavy (non-hydrogen) atoms. The molecular weight excluding hydrogens is 186 g/mol. The van der Waals surface area contributed by atoms with E-state index in [1.807, 2.05) is 6.26 Å². The Kier molecular flexibility index (Phi) is 5.48. The van der Waals surface area contributed by atoms with Crippen molar-refractivity contribution in [2.45, 2.75) is 46.1 Å². The molecule has 0 saturated carbocycles. The molecule has 2 heteroatoms. The zero-order chi connectivity index (χ0) is 11.1. The van der Waals surface area contributed by atoms with E-state index in [-0.39, 0.29) is 0 Å². The summed E-state index contributed by atoms with van der Waals surface area (Å²) in [6, 6.07) is 2.52. The van der Waals surface area contributed by atoms with Crippen LogP contribution in [0.1, 0.15) is 51.6 Å². The molecule has 1 N–H and O–H groups in total. The van der Waals surface area contributed by atoms with Crippen molar-refractivity contribution in [2.75, 3.05) is 6.54 Å². The summed E-state index contributed by atoms with van der Waals surface area (Å²) < 4.78 is 5.15. The molecule has 0 aliphatic heterocycles. The summed E-state index contributed by atoms with van der Waals surface area (Å²) in [7, 11) is 0. The van der Waals surface area contributed by atoms with Gasteiger partial charge in [0.05, 0.1) is 12.5 Å². The van der Waals surface area contributed by atoms with Crippen LogP contribution in [0.3, 0.4) is 0 Å². The van der Waals surface area contributed by atoms with Gasteiger partial charge in [0.2, 0.25) is 0 Å². The van der Waals surface area contributed by atoms with Crippen LogP contribution in [0.25, 0.3) is 0 Å². The summed E-state index contributed by atoms with van der Waals surface area (Å²) in [4.78, 5) is 0. The van der Waals surface area contributed by atoms with Gasteiger partial charge in [-0.1, -0.05) is 27.2 Å². The molecule has 0 saturated heterocycles. The van der Waals surface area contributed by atoms with Crippen molar-refractivity contribution in [2.24, 2.45) is 5.92 Å². The van der Waals surface area contributed by atoms with Gasteiger partial charge in [0.15, 0.2) is 0 Å². The van der Waals surface area contributed by atoms with Gasteiger partial charge in [0.25, 0.3) is 0 Å². The Bertz CT molecular complexity index is 243. The van der Waals surface area contributed by atoms with Gasteiger partial charge in [-0.15, -0.1) is 0 Å². The molecule has 0 bridgehead atoms. The number of hydrogen-bond donors (Lipinski definition) is 1. The predicted octanol–water partition coefficient (Wildman–Crippen LogP) is 3.76. The van der Waals surface area contributed by atoms with Crippen LogP contribution in [0, 0.1) is 5.92 Å². The second-order valence-corrected chi connectivity index (χ2v) is 4.31. The van der Waals surface area contributed by atoms with Crippen molar-refractivity contribution in [3.63, 3.8) is 0 Å². The molecule has 1 rings (SSSR count). The van der Waals surface area contributed by atoms with Gasteiger partial charge in [0, 0.05) is 11.6 Å². The van der Waals surface area contributed by atoms with Crippen LogP contribution < -0.4 is 5.32 Å². The van der Waals surface area contributed by atoms with Gasteiger partial charge < -0.3 is 9.73 Å². The van der Waals surface area contributed by atoms with E-state index in [1.54, 1.807) is 6.26 Å². The lowest BCUT2D eigenvalue weighted by Crippen LogP contribution is -2.23. The third-order valence-corrected chi connectivity index (χ3v) is 2.92. The van der Waals surface area contributed by atoms with E-state index in [4.69, 9.17) is 4.42 Å². The molecule has 1 aromatic rings. The van der Waals surface area contributed by atoms with E-state index < -0.39 is 0 Å². The molecule has 2 unspecified atom stereocenters. The summed E-state index contributed by atoms with van der Waals surface area (Å²) >= 11 is 0. The summed E-state index contributed by atoms with van der Waals surface area (Å²) in [5, 5.41) is 3.58. The molecule has 1 heterocycles. The first-order chi connectivity index (χ1) is 7.27. The van der Waals surface area contributed by atoms with Gasteiger partial charge in [-0.25, -0.2) is 0 Å². The van der Waals surface area contributed by atoms with Crippen LogP contribution in [-0.2, 0) is 0 Å². The first-order valence-corrected chi connectivity index (χ1v) is 6.03. The Morgan fingerprint density at radius 3 is 2.73 bits per heavy atom. The monoisotopic (exact) mass is 209 g/mol. The second kappa shape index (κ2) is 6.67. The predicted molar refractivity (Wildman–Crippen MR) is 63.8 cm³/mol. The number of hydrogen-bond acceptors (Lipinski definition) is 2. The van der Waals surface area contributed by atoms with Gasteiger partial charge in [-0.2, -0.15) is 0 Å². The third kappa shape index (κ3) is 4.08. The average molecular weight is 209 g/mol. The maximum atomic E-state index is 5.15. The lowest BCUT2D eigenvalue weighted by Gasteiger charge is -2.20. The van der Waals surface area contributed by atoms with Crippen LogP contribution >= 0.6 is 0 Å². The number of rotatable bonds is 7. The Morgan fingerprint density at radius 1 is 1.40 bits per heavy atom. The average Bonchev–Trinajstić information content (AvgIpc) is 2.77. The molecule has 2 nitrogen and oxygen atoms in total. The second-order valence-electron chi connectivity index (χ2n) is 4.31. The molecule has 0 aliphatic rings. The van der Waals surface area contributed by atoms with E-state index >= 15 is 0 Å². The summed E-state index contributed by atoms with van der Waals surface area (Å²) in [5.41, 5.74) is 1.28. The molecule has 0 spiro atoms. The van der Waals surface area contributed by atoms with E-state index in [2.05, 4.69) is 32.2 Å². The van der Waals surface area contributed by atoms with E-state index in [0.717, 1.165) is 12.5 Å². The summed E-state index contributed by atoms with van der Waals surface area (Å²) in [5.74, 6) is 0.759. The molecule has 0 fully saturated rings. The van der Waals surface area contributed by atoms with Gasteiger partial charge in [0.1, 0.15) is 0 Å². The van der Waals surface area contributed by atoms with Crippen molar-refractivity contribution in [3.05, 3.63) is 24.2 Å². The van der Waals surface area contributed by atoms with Gasteiger partial charge >= 0.3 is 0 Å². The zero-order valence-electron chi connectivity index (χ0n) is 10.1. The molecule has 0 radical (unpaired) electrons. The highest BCUT2D eigenvalue weighted by molar-refractivity contribution is 5.11. The standard InChI is InChI=1S/C13H23NO/c1-4-7-14-13(9-11(3)5-2)12-6-8-15-10-12/h6,8,10-11,13-14H,4-5,7,9H2,1-3H3. The van der Waals surface area contributed by atoms with Gasteiger partial charge in [-0.3, -0.25) is 0 Å². The molecule has 0 aromatic carbocycles. The Balaban J connectivity index is 2.53. The third-order valence-electron chi connectivity index (χ3n) is 2.92. The molecule has 86 valence electrons. The smallest absolute Gasteiger partial charge is 0.0950 e. The normalized spacial score (nSPS) is 15.1. The first-order valence-electron chi connectivity index (χ1n) is 6.03. The van der Waals surface area contributed by atoms with E-state index in [0.29, 0.717) is 6.04 Å². The molecule has 0 aliphatic carbocycles. The van der Waals surface area contributed by atoms with Crippen LogP contribution in [0.4, 0.5) is 0 Å². The largest absolute Gasteiger partial charge is 0.472 e. The number of furan rings is 1. The molecular formula is C13H23NO. The van der Waals surface area contributed by atoms with E-state index in [1.165, 1.54) is 24.8 Å². The quantitative estimate of drug-likeness (QED) is 0.739. The fourth-order valence-electron chi connectivity index (χ4n) is 1.70. The molecule has 2 atom stereocenters.